The maximum atomic E-state index is 10.8. The normalized spacial score (nSPS) is 12.4. The molecule has 1 rings (SSSR count). The minimum absolute atomic E-state index is 0.127. The highest BCUT2D eigenvalue weighted by molar-refractivity contribution is 5.67. The summed E-state index contributed by atoms with van der Waals surface area (Å²) in [6.45, 7) is 5.33. The summed E-state index contributed by atoms with van der Waals surface area (Å²) in [5, 5.41) is 8.90. The molecule has 1 aromatic carbocycles. The fourth-order valence-corrected chi connectivity index (χ4v) is 2.14. The molecule has 106 valence electrons. The lowest BCUT2D eigenvalue weighted by Crippen LogP contribution is -2.43. The zero-order chi connectivity index (χ0) is 14.3. The molecule has 0 saturated heterocycles. The van der Waals surface area contributed by atoms with E-state index in [0.29, 0.717) is 19.1 Å². The number of para-hydroxylation sites is 1. The number of hydrogen-bond donors (Lipinski definition) is 1. The molecule has 4 nitrogen and oxygen atoms in total. The molecule has 0 aromatic heterocycles. The van der Waals surface area contributed by atoms with Gasteiger partial charge in [0.15, 0.2) is 0 Å². The lowest BCUT2D eigenvalue weighted by molar-refractivity contribution is -0.136. The Balaban J connectivity index is 2.92. The Kier molecular flexibility index (Phi) is 6.36. The third-order valence-corrected chi connectivity index (χ3v) is 3.16. The van der Waals surface area contributed by atoms with Crippen LogP contribution >= 0.6 is 0 Å². The molecule has 0 aliphatic carbocycles. The van der Waals surface area contributed by atoms with Crippen molar-refractivity contribution in [1.29, 1.82) is 0 Å². The van der Waals surface area contributed by atoms with Crippen molar-refractivity contribution < 1.29 is 14.6 Å². The average molecular weight is 265 g/mol. The highest BCUT2D eigenvalue weighted by Gasteiger charge is 2.22. The van der Waals surface area contributed by atoms with Gasteiger partial charge in [-0.15, -0.1) is 0 Å². The van der Waals surface area contributed by atoms with Crippen LogP contribution in [-0.4, -0.2) is 37.4 Å². The van der Waals surface area contributed by atoms with Crippen molar-refractivity contribution in [1.82, 2.24) is 0 Å². The molecule has 1 atom stereocenters. The molecule has 0 bridgehead atoms. The number of aliphatic carboxylic acids is 1. The van der Waals surface area contributed by atoms with E-state index in [-0.39, 0.29) is 12.5 Å². The van der Waals surface area contributed by atoms with Crippen molar-refractivity contribution >= 4 is 11.7 Å². The second kappa shape index (κ2) is 7.79. The van der Waals surface area contributed by atoms with Crippen molar-refractivity contribution in [2.24, 2.45) is 5.92 Å². The van der Waals surface area contributed by atoms with Gasteiger partial charge in [0.05, 0.1) is 19.1 Å². The second-order valence-electron chi connectivity index (χ2n) is 4.94. The SMILES string of the molecule is COCC(C(C)C)N(CCC(=O)O)c1ccccc1. The number of nitrogens with zero attached hydrogens (tertiary/aromatic N) is 1. The number of anilines is 1. The summed E-state index contributed by atoms with van der Waals surface area (Å²) >= 11 is 0. The molecule has 1 N–H and O–H groups in total. The van der Waals surface area contributed by atoms with Gasteiger partial charge in [-0.25, -0.2) is 0 Å². The number of ether oxygens (including phenoxy) is 1. The first-order valence-corrected chi connectivity index (χ1v) is 6.58. The van der Waals surface area contributed by atoms with Gasteiger partial charge in [-0.1, -0.05) is 32.0 Å². The lowest BCUT2D eigenvalue weighted by Gasteiger charge is -2.35. The van der Waals surface area contributed by atoms with Gasteiger partial charge in [-0.05, 0) is 18.1 Å². The number of carboxylic acids is 1. The van der Waals surface area contributed by atoms with Gasteiger partial charge in [0, 0.05) is 19.3 Å². The predicted molar refractivity (Wildman–Crippen MR) is 76.5 cm³/mol. The van der Waals surface area contributed by atoms with Crippen LogP contribution in [0.2, 0.25) is 0 Å². The van der Waals surface area contributed by atoms with Crippen LogP contribution < -0.4 is 4.90 Å². The van der Waals surface area contributed by atoms with Crippen LogP contribution in [0.4, 0.5) is 5.69 Å². The number of carboxylic acid groups (broad SMARTS) is 1. The molecule has 0 radical (unpaired) electrons. The molecular weight excluding hydrogens is 242 g/mol. The molecule has 4 heteroatoms. The van der Waals surface area contributed by atoms with E-state index in [0.717, 1.165) is 5.69 Å². The fourth-order valence-electron chi connectivity index (χ4n) is 2.14. The molecule has 1 aromatic rings. The monoisotopic (exact) mass is 265 g/mol. The first kappa shape index (κ1) is 15.5. The zero-order valence-corrected chi connectivity index (χ0v) is 11.9. The highest BCUT2D eigenvalue weighted by atomic mass is 16.5. The minimum atomic E-state index is -0.777. The van der Waals surface area contributed by atoms with Gasteiger partial charge in [0.25, 0.3) is 0 Å². The van der Waals surface area contributed by atoms with E-state index < -0.39 is 5.97 Å². The Morgan fingerprint density at radius 2 is 1.95 bits per heavy atom. The number of methoxy groups -OCH3 is 1. The van der Waals surface area contributed by atoms with Crippen LogP contribution in [0.15, 0.2) is 30.3 Å². The maximum absolute atomic E-state index is 10.8. The third-order valence-electron chi connectivity index (χ3n) is 3.16. The first-order valence-electron chi connectivity index (χ1n) is 6.58. The predicted octanol–water partition coefficient (Wildman–Crippen LogP) is 2.64. The summed E-state index contributed by atoms with van der Waals surface area (Å²) in [6, 6.07) is 10.1. The quantitative estimate of drug-likeness (QED) is 0.785. The number of rotatable bonds is 8. The van der Waals surface area contributed by atoms with Gasteiger partial charge >= 0.3 is 5.97 Å². The van der Waals surface area contributed by atoms with Crippen molar-refractivity contribution in [3.8, 4) is 0 Å². The summed E-state index contributed by atoms with van der Waals surface area (Å²) in [5.74, 6) is -0.394. The minimum Gasteiger partial charge on any atom is -0.481 e. The third kappa shape index (κ3) is 4.91. The Labute approximate surface area is 115 Å². The highest BCUT2D eigenvalue weighted by Crippen LogP contribution is 2.21. The van der Waals surface area contributed by atoms with Crippen LogP contribution in [0.25, 0.3) is 0 Å². The number of benzene rings is 1. The molecule has 1 unspecified atom stereocenters. The van der Waals surface area contributed by atoms with Crippen molar-refractivity contribution in [3.63, 3.8) is 0 Å². The van der Waals surface area contributed by atoms with Gasteiger partial charge < -0.3 is 14.7 Å². The molecule has 19 heavy (non-hydrogen) atoms. The van der Waals surface area contributed by atoms with E-state index in [1.165, 1.54) is 0 Å². The van der Waals surface area contributed by atoms with Crippen LogP contribution in [-0.2, 0) is 9.53 Å². The number of carbonyl (C=O) groups is 1. The topological polar surface area (TPSA) is 49.8 Å². The zero-order valence-electron chi connectivity index (χ0n) is 11.9. The molecule has 0 aliphatic heterocycles. The van der Waals surface area contributed by atoms with Crippen LogP contribution in [0.1, 0.15) is 20.3 Å². The maximum Gasteiger partial charge on any atom is 0.305 e. The van der Waals surface area contributed by atoms with E-state index in [2.05, 4.69) is 18.7 Å². The van der Waals surface area contributed by atoms with E-state index in [9.17, 15) is 4.79 Å². The Hall–Kier alpha value is -1.55. The van der Waals surface area contributed by atoms with Crippen LogP contribution in [0.3, 0.4) is 0 Å². The molecule has 0 fully saturated rings. The average Bonchev–Trinajstić information content (AvgIpc) is 2.38. The molecule has 0 spiro atoms. The van der Waals surface area contributed by atoms with Crippen molar-refractivity contribution in [2.45, 2.75) is 26.3 Å². The lowest BCUT2D eigenvalue weighted by atomic mass is 10.0. The van der Waals surface area contributed by atoms with Gasteiger partial charge in [-0.3, -0.25) is 4.79 Å². The van der Waals surface area contributed by atoms with E-state index in [4.69, 9.17) is 9.84 Å². The molecule has 0 heterocycles. The molecule has 0 aliphatic rings. The van der Waals surface area contributed by atoms with E-state index >= 15 is 0 Å². The Morgan fingerprint density at radius 1 is 1.32 bits per heavy atom. The Bertz CT molecular complexity index is 378. The Morgan fingerprint density at radius 3 is 2.42 bits per heavy atom. The summed E-state index contributed by atoms with van der Waals surface area (Å²) < 4.78 is 5.29. The van der Waals surface area contributed by atoms with Gasteiger partial charge in [0.2, 0.25) is 0 Å². The first-order chi connectivity index (χ1) is 9.06. The largest absolute Gasteiger partial charge is 0.481 e. The standard InChI is InChI=1S/C15H23NO3/c1-12(2)14(11-19-3)16(10-9-15(17)18)13-7-5-4-6-8-13/h4-8,12,14H,9-11H2,1-3H3,(H,17,18). The second-order valence-corrected chi connectivity index (χ2v) is 4.94. The molecular formula is C15H23NO3. The summed E-state index contributed by atoms with van der Waals surface area (Å²) in [6.07, 6.45) is 0.127. The molecule has 0 saturated carbocycles. The molecule has 0 amide bonds. The van der Waals surface area contributed by atoms with Crippen LogP contribution in [0, 0.1) is 5.92 Å². The van der Waals surface area contributed by atoms with Gasteiger partial charge in [-0.2, -0.15) is 0 Å². The summed E-state index contributed by atoms with van der Waals surface area (Å²) in [5.41, 5.74) is 1.04. The van der Waals surface area contributed by atoms with Gasteiger partial charge in [0.1, 0.15) is 0 Å². The summed E-state index contributed by atoms with van der Waals surface area (Å²) in [4.78, 5) is 13.0. The summed E-state index contributed by atoms with van der Waals surface area (Å²) in [7, 11) is 1.68. The van der Waals surface area contributed by atoms with E-state index in [1.54, 1.807) is 7.11 Å². The van der Waals surface area contributed by atoms with Crippen molar-refractivity contribution in [2.75, 3.05) is 25.2 Å². The fraction of sp³-hybridized carbons (Fsp3) is 0.533. The van der Waals surface area contributed by atoms with Crippen molar-refractivity contribution in [3.05, 3.63) is 30.3 Å². The van der Waals surface area contributed by atoms with Crippen LogP contribution in [0.5, 0.6) is 0 Å². The number of hydrogen-bond acceptors (Lipinski definition) is 3. The van der Waals surface area contributed by atoms with E-state index in [1.807, 2.05) is 30.3 Å². The smallest absolute Gasteiger partial charge is 0.305 e.